The van der Waals surface area contributed by atoms with Crippen molar-refractivity contribution in [1.82, 2.24) is 0 Å². The van der Waals surface area contributed by atoms with Crippen molar-refractivity contribution in [3.05, 3.63) is 60.2 Å². The zero-order valence-electron chi connectivity index (χ0n) is 10.4. The molecule has 0 aliphatic heterocycles. The quantitative estimate of drug-likeness (QED) is 0.823. The molecule has 0 aliphatic rings. The summed E-state index contributed by atoms with van der Waals surface area (Å²) in [5.74, 6) is 0.0331. The molecule has 2 aromatic rings. The molecule has 0 saturated heterocycles. The van der Waals surface area contributed by atoms with Crippen molar-refractivity contribution in [3.63, 3.8) is 0 Å². The summed E-state index contributed by atoms with van der Waals surface area (Å²) in [7, 11) is -3.39. The van der Waals surface area contributed by atoms with Crippen LogP contribution in [-0.4, -0.2) is 14.2 Å². The monoisotopic (exact) mass is 276 g/mol. The Labute approximate surface area is 113 Å². The van der Waals surface area contributed by atoms with Crippen LogP contribution in [0.4, 0.5) is 11.4 Å². The van der Waals surface area contributed by atoms with Gasteiger partial charge in [0.25, 0.3) is 0 Å². The summed E-state index contributed by atoms with van der Waals surface area (Å²) in [5.41, 5.74) is 7.55. The number of sulfonamides is 1. The fourth-order valence-corrected chi connectivity index (χ4v) is 2.83. The van der Waals surface area contributed by atoms with E-state index < -0.39 is 10.0 Å². The van der Waals surface area contributed by atoms with Gasteiger partial charge >= 0.3 is 0 Å². The minimum absolute atomic E-state index is 0.0331. The first-order valence-corrected chi connectivity index (χ1v) is 7.61. The molecule has 0 fully saturated rings. The Hall–Kier alpha value is -2.01. The van der Waals surface area contributed by atoms with E-state index in [1.807, 2.05) is 30.3 Å². The molecule has 0 bridgehead atoms. The maximum absolute atomic E-state index is 12.0. The van der Waals surface area contributed by atoms with Crippen LogP contribution in [0.2, 0.25) is 0 Å². The molecule has 0 radical (unpaired) electrons. The van der Waals surface area contributed by atoms with E-state index in [1.54, 1.807) is 24.3 Å². The number of rotatable bonds is 5. The third-order valence-corrected chi connectivity index (χ3v) is 4.00. The van der Waals surface area contributed by atoms with Crippen molar-refractivity contribution < 1.29 is 8.42 Å². The van der Waals surface area contributed by atoms with Gasteiger partial charge < -0.3 is 5.73 Å². The molecule has 3 N–H and O–H groups in total. The number of hydrogen-bond acceptors (Lipinski definition) is 3. The summed E-state index contributed by atoms with van der Waals surface area (Å²) in [6, 6.07) is 16.3. The predicted octanol–water partition coefficient (Wildman–Crippen LogP) is 2.25. The van der Waals surface area contributed by atoms with Crippen molar-refractivity contribution in [1.29, 1.82) is 0 Å². The molecular formula is C14H16N2O2S. The summed E-state index contributed by atoms with van der Waals surface area (Å²) < 4.78 is 26.4. The number of para-hydroxylation sites is 2. The van der Waals surface area contributed by atoms with Gasteiger partial charge in [-0.1, -0.05) is 42.5 Å². The van der Waals surface area contributed by atoms with Gasteiger partial charge in [-0.05, 0) is 24.1 Å². The van der Waals surface area contributed by atoms with Gasteiger partial charge in [0.05, 0.1) is 17.1 Å². The van der Waals surface area contributed by atoms with Crippen LogP contribution in [0.5, 0.6) is 0 Å². The van der Waals surface area contributed by atoms with E-state index in [1.165, 1.54) is 0 Å². The minimum atomic E-state index is -3.39. The smallest absolute Gasteiger partial charge is 0.233 e. The summed E-state index contributed by atoms with van der Waals surface area (Å²) >= 11 is 0. The van der Waals surface area contributed by atoms with Crippen molar-refractivity contribution >= 4 is 21.4 Å². The first-order valence-electron chi connectivity index (χ1n) is 5.96. The molecule has 0 aliphatic carbocycles. The van der Waals surface area contributed by atoms with Gasteiger partial charge in [0.1, 0.15) is 0 Å². The Bertz CT molecular complexity index is 640. The number of nitrogens with one attached hydrogen (secondary N) is 1. The van der Waals surface area contributed by atoms with E-state index in [0.717, 1.165) is 5.56 Å². The van der Waals surface area contributed by atoms with Crippen molar-refractivity contribution in [2.24, 2.45) is 0 Å². The predicted molar refractivity (Wildman–Crippen MR) is 78.4 cm³/mol. The van der Waals surface area contributed by atoms with Crippen LogP contribution < -0.4 is 10.5 Å². The van der Waals surface area contributed by atoms with Gasteiger partial charge in [0.2, 0.25) is 10.0 Å². The Morgan fingerprint density at radius 3 is 2.26 bits per heavy atom. The highest BCUT2D eigenvalue weighted by atomic mass is 32.2. The van der Waals surface area contributed by atoms with Gasteiger partial charge in [0.15, 0.2) is 0 Å². The van der Waals surface area contributed by atoms with Crippen LogP contribution in [0, 0.1) is 0 Å². The molecule has 0 aromatic heterocycles. The van der Waals surface area contributed by atoms with Crippen LogP contribution in [-0.2, 0) is 16.4 Å². The van der Waals surface area contributed by atoms with Gasteiger partial charge in [-0.15, -0.1) is 0 Å². The number of anilines is 2. The molecule has 100 valence electrons. The summed E-state index contributed by atoms with van der Waals surface area (Å²) in [4.78, 5) is 0. The minimum Gasteiger partial charge on any atom is -0.397 e. The highest BCUT2D eigenvalue weighted by molar-refractivity contribution is 7.92. The van der Waals surface area contributed by atoms with E-state index in [2.05, 4.69) is 4.72 Å². The molecule has 0 heterocycles. The fraction of sp³-hybridized carbons (Fsp3) is 0.143. The van der Waals surface area contributed by atoms with Gasteiger partial charge in [-0.3, -0.25) is 4.72 Å². The van der Waals surface area contributed by atoms with E-state index >= 15 is 0 Å². The van der Waals surface area contributed by atoms with Crippen LogP contribution >= 0.6 is 0 Å². The summed E-state index contributed by atoms with van der Waals surface area (Å²) in [6.45, 7) is 0. The summed E-state index contributed by atoms with van der Waals surface area (Å²) in [5, 5.41) is 0. The van der Waals surface area contributed by atoms with Crippen LogP contribution in [0.1, 0.15) is 5.56 Å². The molecule has 0 amide bonds. The molecular weight excluding hydrogens is 260 g/mol. The average molecular weight is 276 g/mol. The van der Waals surface area contributed by atoms with Crippen molar-refractivity contribution in [3.8, 4) is 0 Å². The maximum atomic E-state index is 12.0. The normalized spacial score (nSPS) is 11.2. The standard InChI is InChI=1S/C14H16N2O2S/c15-13-8-4-5-9-14(13)16-19(17,18)11-10-12-6-2-1-3-7-12/h1-9,16H,10-11,15H2. The number of aryl methyl sites for hydroxylation is 1. The van der Waals surface area contributed by atoms with Crippen LogP contribution in [0.15, 0.2) is 54.6 Å². The first-order chi connectivity index (χ1) is 9.07. The second kappa shape index (κ2) is 5.75. The zero-order chi connectivity index (χ0) is 13.7. The molecule has 2 aromatic carbocycles. The highest BCUT2D eigenvalue weighted by Crippen LogP contribution is 2.18. The Morgan fingerprint density at radius 2 is 1.58 bits per heavy atom. The molecule has 0 unspecified atom stereocenters. The van der Waals surface area contributed by atoms with Gasteiger partial charge in [0, 0.05) is 0 Å². The lowest BCUT2D eigenvalue weighted by atomic mass is 10.2. The lowest BCUT2D eigenvalue weighted by Crippen LogP contribution is -2.18. The number of nitrogens with two attached hydrogens (primary N) is 1. The average Bonchev–Trinajstić information content (AvgIpc) is 2.40. The van der Waals surface area contributed by atoms with E-state index in [0.29, 0.717) is 17.8 Å². The first kappa shape index (κ1) is 13.4. The molecule has 0 saturated carbocycles. The number of benzene rings is 2. The fourth-order valence-electron chi connectivity index (χ4n) is 1.71. The SMILES string of the molecule is Nc1ccccc1NS(=O)(=O)CCc1ccccc1. The number of hydrogen-bond donors (Lipinski definition) is 2. The topological polar surface area (TPSA) is 72.2 Å². The Morgan fingerprint density at radius 1 is 0.947 bits per heavy atom. The zero-order valence-corrected chi connectivity index (χ0v) is 11.2. The highest BCUT2D eigenvalue weighted by Gasteiger charge is 2.11. The molecule has 19 heavy (non-hydrogen) atoms. The molecule has 0 atom stereocenters. The third-order valence-electron chi connectivity index (χ3n) is 2.73. The van der Waals surface area contributed by atoms with Gasteiger partial charge in [-0.2, -0.15) is 0 Å². The lowest BCUT2D eigenvalue weighted by Gasteiger charge is -2.10. The molecule has 4 nitrogen and oxygen atoms in total. The van der Waals surface area contributed by atoms with Crippen molar-refractivity contribution in [2.75, 3.05) is 16.2 Å². The van der Waals surface area contributed by atoms with Crippen LogP contribution in [0.25, 0.3) is 0 Å². The van der Waals surface area contributed by atoms with E-state index in [4.69, 9.17) is 5.73 Å². The summed E-state index contributed by atoms with van der Waals surface area (Å²) in [6.07, 6.45) is 0.475. The molecule has 5 heteroatoms. The maximum Gasteiger partial charge on any atom is 0.233 e. The third kappa shape index (κ3) is 3.99. The molecule has 2 rings (SSSR count). The van der Waals surface area contributed by atoms with Crippen molar-refractivity contribution in [2.45, 2.75) is 6.42 Å². The molecule has 0 spiro atoms. The van der Waals surface area contributed by atoms with E-state index in [-0.39, 0.29) is 5.75 Å². The van der Waals surface area contributed by atoms with Crippen LogP contribution in [0.3, 0.4) is 0 Å². The second-order valence-electron chi connectivity index (χ2n) is 4.24. The second-order valence-corrected chi connectivity index (χ2v) is 6.09. The Kier molecular flexibility index (Phi) is 4.06. The largest absolute Gasteiger partial charge is 0.397 e. The number of nitrogen functional groups attached to an aromatic ring is 1. The lowest BCUT2D eigenvalue weighted by molar-refractivity contribution is 0.600. The van der Waals surface area contributed by atoms with E-state index in [9.17, 15) is 8.42 Å². The Balaban J connectivity index is 2.02. The van der Waals surface area contributed by atoms with Gasteiger partial charge in [-0.25, -0.2) is 8.42 Å².